The van der Waals surface area contributed by atoms with Gasteiger partial charge in [-0.1, -0.05) is 0 Å². The summed E-state index contributed by atoms with van der Waals surface area (Å²) in [5.74, 6) is -0.315. The maximum Gasteiger partial charge on any atom is 0.312 e. The van der Waals surface area contributed by atoms with E-state index in [-0.39, 0.29) is 10.8 Å². The fourth-order valence-corrected chi connectivity index (χ4v) is 3.98. The van der Waals surface area contributed by atoms with Crippen molar-refractivity contribution in [3.8, 4) is 5.75 Å². The van der Waals surface area contributed by atoms with E-state index in [1.807, 2.05) is 0 Å². The average molecular weight is 315 g/mol. The highest BCUT2D eigenvalue weighted by Crippen LogP contribution is 2.31. The SMILES string of the molecule is CNCC1CCN(S(=O)(=O)c2ccc(O)c([N+](=O)[O-])c2)C1. The Labute approximate surface area is 122 Å². The Hall–Kier alpha value is -1.71. The molecule has 0 radical (unpaired) electrons. The molecular weight excluding hydrogens is 298 g/mol. The van der Waals surface area contributed by atoms with Crippen LogP contribution >= 0.6 is 0 Å². The largest absolute Gasteiger partial charge is 0.502 e. The quantitative estimate of drug-likeness (QED) is 0.605. The topological polar surface area (TPSA) is 113 Å². The van der Waals surface area contributed by atoms with Crippen molar-refractivity contribution in [3.05, 3.63) is 28.3 Å². The molecule has 0 aromatic heterocycles. The molecule has 0 saturated carbocycles. The lowest BCUT2D eigenvalue weighted by Crippen LogP contribution is -2.30. The molecule has 1 atom stereocenters. The zero-order valence-electron chi connectivity index (χ0n) is 11.5. The molecule has 9 heteroatoms. The van der Waals surface area contributed by atoms with Crippen LogP contribution in [0.5, 0.6) is 5.75 Å². The molecule has 0 amide bonds. The third-order valence-corrected chi connectivity index (χ3v) is 5.38. The van der Waals surface area contributed by atoms with Crippen LogP contribution in [0.2, 0.25) is 0 Å². The minimum absolute atomic E-state index is 0.169. The summed E-state index contributed by atoms with van der Waals surface area (Å²) in [5.41, 5.74) is -0.609. The van der Waals surface area contributed by atoms with Crippen molar-refractivity contribution >= 4 is 15.7 Å². The second kappa shape index (κ2) is 5.96. The maximum absolute atomic E-state index is 12.5. The van der Waals surface area contributed by atoms with Gasteiger partial charge in [0.15, 0.2) is 5.75 Å². The number of hydrogen-bond donors (Lipinski definition) is 2. The molecule has 8 nitrogen and oxygen atoms in total. The first-order chi connectivity index (χ1) is 9.86. The van der Waals surface area contributed by atoms with Gasteiger partial charge in [-0.15, -0.1) is 0 Å². The summed E-state index contributed by atoms with van der Waals surface area (Å²) < 4.78 is 26.3. The number of phenolic OH excluding ortho intramolecular Hbond substituents is 1. The van der Waals surface area contributed by atoms with Crippen LogP contribution in [0.1, 0.15) is 6.42 Å². The third-order valence-electron chi connectivity index (χ3n) is 3.52. The summed E-state index contributed by atoms with van der Waals surface area (Å²) in [6.07, 6.45) is 0.750. The van der Waals surface area contributed by atoms with E-state index in [1.54, 1.807) is 7.05 Å². The van der Waals surface area contributed by atoms with Crippen molar-refractivity contribution in [1.29, 1.82) is 0 Å². The standard InChI is InChI=1S/C12H17N3O5S/c1-13-7-9-4-5-14(8-9)21(19,20)10-2-3-12(16)11(6-10)15(17)18/h2-3,6,9,13,16H,4-5,7-8H2,1H3. The van der Waals surface area contributed by atoms with Crippen molar-refractivity contribution in [3.63, 3.8) is 0 Å². The van der Waals surface area contributed by atoms with Gasteiger partial charge in [-0.05, 0) is 38.1 Å². The number of nitro groups is 1. The summed E-state index contributed by atoms with van der Waals surface area (Å²) in [6.45, 7) is 1.50. The van der Waals surface area contributed by atoms with Gasteiger partial charge in [0, 0.05) is 19.2 Å². The molecule has 1 saturated heterocycles. The molecule has 1 heterocycles. The van der Waals surface area contributed by atoms with Crippen molar-refractivity contribution in [2.24, 2.45) is 5.92 Å². The highest BCUT2D eigenvalue weighted by Gasteiger charge is 2.33. The van der Waals surface area contributed by atoms with E-state index >= 15 is 0 Å². The van der Waals surface area contributed by atoms with E-state index < -0.39 is 26.4 Å². The second-order valence-electron chi connectivity index (χ2n) is 4.98. The summed E-state index contributed by atoms with van der Waals surface area (Å²) in [7, 11) is -1.97. The van der Waals surface area contributed by atoms with E-state index in [0.717, 1.165) is 25.1 Å². The number of nitrogens with one attached hydrogen (secondary N) is 1. The van der Waals surface area contributed by atoms with E-state index in [9.17, 15) is 23.6 Å². The number of nitro benzene ring substituents is 1. The zero-order chi connectivity index (χ0) is 15.6. The molecule has 1 fully saturated rings. The first-order valence-corrected chi connectivity index (χ1v) is 7.92. The van der Waals surface area contributed by atoms with Gasteiger partial charge < -0.3 is 10.4 Å². The van der Waals surface area contributed by atoms with Gasteiger partial charge >= 0.3 is 5.69 Å². The van der Waals surface area contributed by atoms with E-state index in [1.165, 1.54) is 10.4 Å². The highest BCUT2D eigenvalue weighted by atomic mass is 32.2. The molecule has 1 aromatic rings. The smallest absolute Gasteiger partial charge is 0.312 e. The Bertz CT molecular complexity index is 646. The molecule has 1 aliphatic rings. The number of benzene rings is 1. The first-order valence-electron chi connectivity index (χ1n) is 6.48. The van der Waals surface area contributed by atoms with E-state index in [0.29, 0.717) is 13.1 Å². The minimum Gasteiger partial charge on any atom is -0.502 e. The molecule has 1 aromatic carbocycles. The molecule has 2 N–H and O–H groups in total. The normalized spacial score (nSPS) is 19.8. The lowest BCUT2D eigenvalue weighted by molar-refractivity contribution is -0.386. The number of hydrogen-bond acceptors (Lipinski definition) is 6. The van der Waals surface area contributed by atoms with Gasteiger partial charge in [0.25, 0.3) is 0 Å². The highest BCUT2D eigenvalue weighted by molar-refractivity contribution is 7.89. The Kier molecular flexibility index (Phi) is 4.45. The molecule has 0 spiro atoms. The van der Waals surface area contributed by atoms with Gasteiger partial charge in [0.05, 0.1) is 9.82 Å². The fraction of sp³-hybridized carbons (Fsp3) is 0.500. The minimum atomic E-state index is -3.77. The molecular formula is C12H17N3O5S. The van der Waals surface area contributed by atoms with Gasteiger partial charge in [0.1, 0.15) is 0 Å². The van der Waals surface area contributed by atoms with Crippen LogP contribution in [0.15, 0.2) is 23.1 Å². The molecule has 0 bridgehead atoms. The lowest BCUT2D eigenvalue weighted by atomic mass is 10.1. The predicted octanol–water partition coefficient (Wildman–Crippen LogP) is 0.530. The molecule has 116 valence electrons. The van der Waals surface area contributed by atoms with Crippen LogP contribution in [-0.4, -0.2) is 49.4 Å². The monoisotopic (exact) mass is 315 g/mol. The van der Waals surface area contributed by atoms with Crippen LogP contribution < -0.4 is 5.32 Å². The van der Waals surface area contributed by atoms with Crippen molar-refractivity contribution in [2.45, 2.75) is 11.3 Å². The lowest BCUT2D eigenvalue weighted by Gasteiger charge is -2.16. The van der Waals surface area contributed by atoms with E-state index in [4.69, 9.17) is 0 Å². The Morgan fingerprint density at radius 2 is 2.24 bits per heavy atom. The Balaban J connectivity index is 2.28. The van der Waals surface area contributed by atoms with Gasteiger partial charge in [-0.2, -0.15) is 4.31 Å². The van der Waals surface area contributed by atoms with Crippen LogP contribution in [0.4, 0.5) is 5.69 Å². The maximum atomic E-state index is 12.5. The summed E-state index contributed by atoms with van der Waals surface area (Å²) >= 11 is 0. The molecule has 2 rings (SSSR count). The summed E-state index contributed by atoms with van der Waals surface area (Å²) in [4.78, 5) is 9.82. The van der Waals surface area contributed by atoms with Crippen molar-refractivity contribution < 1.29 is 18.4 Å². The molecule has 21 heavy (non-hydrogen) atoms. The zero-order valence-corrected chi connectivity index (χ0v) is 12.3. The van der Waals surface area contributed by atoms with Crippen LogP contribution in [-0.2, 0) is 10.0 Å². The molecule has 0 aliphatic carbocycles. The van der Waals surface area contributed by atoms with Crippen molar-refractivity contribution in [2.75, 3.05) is 26.7 Å². The Morgan fingerprint density at radius 3 is 2.86 bits per heavy atom. The van der Waals surface area contributed by atoms with Crippen molar-refractivity contribution in [1.82, 2.24) is 9.62 Å². The first kappa shape index (κ1) is 15.7. The number of nitrogens with zero attached hydrogens (tertiary/aromatic N) is 2. The Morgan fingerprint density at radius 1 is 1.52 bits per heavy atom. The van der Waals surface area contributed by atoms with Crippen LogP contribution in [0.3, 0.4) is 0 Å². The predicted molar refractivity (Wildman–Crippen MR) is 75.6 cm³/mol. The molecule has 1 aliphatic heterocycles. The van der Waals surface area contributed by atoms with Crippen LogP contribution in [0, 0.1) is 16.0 Å². The van der Waals surface area contributed by atoms with Gasteiger partial charge in [-0.3, -0.25) is 10.1 Å². The third kappa shape index (κ3) is 3.14. The number of aromatic hydroxyl groups is 1. The van der Waals surface area contributed by atoms with Gasteiger partial charge in [-0.25, -0.2) is 8.42 Å². The fourth-order valence-electron chi connectivity index (χ4n) is 2.43. The van der Waals surface area contributed by atoms with Gasteiger partial charge in [0.2, 0.25) is 10.0 Å². The van der Waals surface area contributed by atoms with Crippen LogP contribution in [0.25, 0.3) is 0 Å². The molecule has 1 unspecified atom stereocenters. The summed E-state index contributed by atoms with van der Waals surface area (Å²) in [5, 5.41) is 23.2. The number of phenols is 1. The number of sulfonamides is 1. The average Bonchev–Trinajstić information content (AvgIpc) is 2.88. The second-order valence-corrected chi connectivity index (χ2v) is 6.92. The van der Waals surface area contributed by atoms with E-state index in [2.05, 4.69) is 5.32 Å². The summed E-state index contributed by atoms with van der Waals surface area (Å²) in [6, 6.07) is 3.12. The number of rotatable bonds is 5.